The molecule has 3 aromatic rings. The molecule has 0 saturated carbocycles. The fraction of sp³-hybridized carbons (Fsp3) is 0.320. The van der Waals surface area contributed by atoms with Gasteiger partial charge in [0.1, 0.15) is 0 Å². The minimum atomic E-state index is -3.79. The molecule has 0 aromatic heterocycles. The number of benzene rings is 3. The van der Waals surface area contributed by atoms with E-state index in [2.05, 4.69) is 5.32 Å². The molecular formula is C25H28N2O3S. The summed E-state index contributed by atoms with van der Waals surface area (Å²) < 4.78 is 28.9. The summed E-state index contributed by atoms with van der Waals surface area (Å²) in [6, 6.07) is 20.0. The molecule has 0 saturated heterocycles. The van der Waals surface area contributed by atoms with Crippen LogP contribution >= 0.6 is 0 Å². The number of hydrogen-bond donors (Lipinski definition) is 1. The van der Waals surface area contributed by atoms with Crippen molar-refractivity contribution in [3.63, 3.8) is 0 Å². The predicted molar refractivity (Wildman–Crippen MR) is 125 cm³/mol. The number of carbonyl (C=O) groups is 1. The summed E-state index contributed by atoms with van der Waals surface area (Å²) in [5.41, 5.74) is 1.34. The van der Waals surface area contributed by atoms with Crippen LogP contribution in [0.1, 0.15) is 45.1 Å². The zero-order chi connectivity index (χ0) is 22.2. The van der Waals surface area contributed by atoms with Gasteiger partial charge in [0.25, 0.3) is 10.0 Å². The Hall–Kier alpha value is -2.86. The Morgan fingerprint density at radius 1 is 1.06 bits per heavy atom. The highest BCUT2D eigenvalue weighted by molar-refractivity contribution is 7.92. The normalized spacial score (nSPS) is 19.6. The lowest BCUT2D eigenvalue weighted by Crippen LogP contribution is -2.46. The number of amides is 1. The minimum Gasteiger partial charge on any atom is -0.353 e. The summed E-state index contributed by atoms with van der Waals surface area (Å²) in [5, 5.41) is 4.94. The molecule has 3 atom stereocenters. The lowest BCUT2D eigenvalue weighted by atomic mass is 9.86. The van der Waals surface area contributed by atoms with Crippen LogP contribution in [0.5, 0.6) is 0 Å². The second kappa shape index (κ2) is 8.35. The highest BCUT2D eigenvalue weighted by Crippen LogP contribution is 2.41. The molecule has 4 rings (SSSR count). The monoisotopic (exact) mass is 436 g/mol. The van der Waals surface area contributed by atoms with E-state index in [0.29, 0.717) is 12.1 Å². The van der Waals surface area contributed by atoms with Crippen LogP contribution in [0.25, 0.3) is 10.8 Å². The molecule has 1 amide bonds. The number of carbonyl (C=O) groups excluding carboxylic acids is 1. The molecule has 0 fully saturated rings. The summed E-state index contributed by atoms with van der Waals surface area (Å²) >= 11 is 0. The van der Waals surface area contributed by atoms with Gasteiger partial charge in [0, 0.05) is 12.1 Å². The van der Waals surface area contributed by atoms with E-state index < -0.39 is 10.0 Å². The molecule has 0 radical (unpaired) electrons. The number of anilines is 1. The Bertz CT molecular complexity index is 1220. The van der Waals surface area contributed by atoms with Crippen LogP contribution in [-0.2, 0) is 14.8 Å². The standard InChI is InChI=1S/C25H28N2O3S/c1-4-17(2)26-25(28)23-15-18(3)27(24-12-8-7-11-22(23)24)31(29,30)21-14-13-19-9-5-6-10-20(19)16-21/h5-14,16-18,23H,4,15H2,1-3H3,(H,26,28). The van der Waals surface area contributed by atoms with E-state index in [1.165, 1.54) is 4.31 Å². The van der Waals surface area contributed by atoms with Crippen molar-refractivity contribution in [1.29, 1.82) is 0 Å². The number of nitrogens with zero attached hydrogens (tertiary/aromatic N) is 1. The fourth-order valence-electron chi connectivity index (χ4n) is 4.29. The predicted octanol–water partition coefficient (Wildman–Crippen LogP) is 4.83. The Morgan fingerprint density at radius 2 is 1.74 bits per heavy atom. The van der Waals surface area contributed by atoms with Gasteiger partial charge in [0.05, 0.1) is 16.5 Å². The van der Waals surface area contributed by atoms with Gasteiger partial charge in [0.2, 0.25) is 5.91 Å². The first-order valence-electron chi connectivity index (χ1n) is 10.8. The van der Waals surface area contributed by atoms with Crippen LogP contribution in [0.3, 0.4) is 0 Å². The fourth-order valence-corrected chi connectivity index (χ4v) is 6.01. The molecule has 0 bridgehead atoms. The van der Waals surface area contributed by atoms with Crippen molar-refractivity contribution in [1.82, 2.24) is 5.32 Å². The first kappa shape index (κ1) is 21.4. The topological polar surface area (TPSA) is 66.5 Å². The third-order valence-electron chi connectivity index (χ3n) is 6.12. The van der Waals surface area contributed by atoms with Gasteiger partial charge in [0.15, 0.2) is 0 Å². The summed E-state index contributed by atoms with van der Waals surface area (Å²) in [7, 11) is -3.79. The third kappa shape index (κ3) is 3.92. The van der Waals surface area contributed by atoms with E-state index in [0.717, 1.165) is 22.8 Å². The average molecular weight is 437 g/mol. The van der Waals surface area contributed by atoms with Crippen LogP contribution in [0.4, 0.5) is 5.69 Å². The average Bonchev–Trinajstić information content (AvgIpc) is 2.77. The van der Waals surface area contributed by atoms with E-state index in [9.17, 15) is 13.2 Å². The van der Waals surface area contributed by atoms with Gasteiger partial charge >= 0.3 is 0 Å². The zero-order valence-corrected chi connectivity index (χ0v) is 18.9. The molecule has 1 aliphatic rings. The summed E-state index contributed by atoms with van der Waals surface area (Å²) in [6.07, 6.45) is 1.28. The van der Waals surface area contributed by atoms with Crippen LogP contribution < -0.4 is 9.62 Å². The smallest absolute Gasteiger partial charge is 0.264 e. The van der Waals surface area contributed by atoms with Gasteiger partial charge in [-0.3, -0.25) is 9.10 Å². The van der Waals surface area contributed by atoms with Gasteiger partial charge in [-0.1, -0.05) is 55.5 Å². The molecule has 6 heteroatoms. The van der Waals surface area contributed by atoms with Crippen molar-refractivity contribution < 1.29 is 13.2 Å². The molecule has 31 heavy (non-hydrogen) atoms. The van der Waals surface area contributed by atoms with Crippen molar-refractivity contribution in [3.05, 3.63) is 72.3 Å². The first-order valence-corrected chi connectivity index (χ1v) is 12.2. The van der Waals surface area contributed by atoms with Gasteiger partial charge in [-0.25, -0.2) is 8.42 Å². The number of nitrogens with one attached hydrogen (secondary N) is 1. The molecule has 1 heterocycles. The van der Waals surface area contributed by atoms with Crippen LogP contribution in [0.15, 0.2) is 71.6 Å². The lowest BCUT2D eigenvalue weighted by molar-refractivity contribution is -0.123. The van der Waals surface area contributed by atoms with Crippen molar-refractivity contribution in [2.24, 2.45) is 0 Å². The number of rotatable bonds is 5. The Balaban J connectivity index is 1.76. The molecule has 3 unspecified atom stereocenters. The summed E-state index contributed by atoms with van der Waals surface area (Å²) in [5.74, 6) is -0.417. The second-order valence-electron chi connectivity index (χ2n) is 8.32. The first-order chi connectivity index (χ1) is 14.8. The minimum absolute atomic E-state index is 0.0450. The van der Waals surface area contributed by atoms with E-state index in [-0.39, 0.29) is 28.8 Å². The molecule has 1 aliphatic heterocycles. The number of sulfonamides is 1. The van der Waals surface area contributed by atoms with Crippen molar-refractivity contribution in [2.75, 3.05) is 4.31 Å². The van der Waals surface area contributed by atoms with Crippen molar-refractivity contribution in [2.45, 2.75) is 56.5 Å². The molecular weight excluding hydrogens is 408 g/mol. The van der Waals surface area contributed by atoms with Crippen molar-refractivity contribution in [3.8, 4) is 0 Å². The summed E-state index contributed by atoms with van der Waals surface area (Å²) in [6.45, 7) is 5.88. The number of fused-ring (bicyclic) bond motifs is 2. The highest BCUT2D eigenvalue weighted by Gasteiger charge is 2.40. The Labute approximate surface area is 184 Å². The lowest BCUT2D eigenvalue weighted by Gasteiger charge is -2.39. The van der Waals surface area contributed by atoms with Gasteiger partial charge in [-0.2, -0.15) is 0 Å². The van der Waals surface area contributed by atoms with E-state index in [1.807, 2.05) is 69.3 Å². The van der Waals surface area contributed by atoms with Crippen molar-refractivity contribution >= 4 is 32.4 Å². The van der Waals surface area contributed by atoms with Crippen LogP contribution in [0, 0.1) is 0 Å². The maximum absolute atomic E-state index is 13.7. The molecule has 162 valence electrons. The molecule has 5 nitrogen and oxygen atoms in total. The Morgan fingerprint density at radius 3 is 2.48 bits per heavy atom. The second-order valence-corrected chi connectivity index (χ2v) is 10.1. The molecule has 3 aromatic carbocycles. The Kier molecular flexibility index (Phi) is 5.75. The maximum atomic E-state index is 13.7. The number of hydrogen-bond acceptors (Lipinski definition) is 3. The summed E-state index contributed by atoms with van der Waals surface area (Å²) in [4.78, 5) is 13.2. The molecule has 0 spiro atoms. The van der Waals surface area contributed by atoms with Gasteiger partial charge in [-0.05, 0) is 61.2 Å². The largest absolute Gasteiger partial charge is 0.353 e. The number of para-hydroxylation sites is 1. The highest BCUT2D eigenvalue weighted by atomic mass is 32.2. The zero-order valence-electron chi connectivity index (χ0n) is 18.1. The van der Waals surface area contributed by atoms with Crippen LogP contribution in [-0.4, -0.2) is 26.4 Å². The van der Waals surface area contributed by atoms with Gasteiger partial charge < -0.3 is 5.32 Å². The third-order valence-corrected chi connectivity index (χ3v) is 8.05. The van der Waals surface area contributed by atoms with Crippen LogP contribution in [0.2, 0.25) is 0 Å². The molecule has 0 aliphatic carbocycles. The van der Waals surface area contributed by atoms with Gasteiger partial charge in [-0.15, -0.1) is 0 Å². The SMILES string of the molecule is CCC(C)NC(=O)C1CC(C)N(S(=O)(=O)c2ccc3ccccc3c2)c2ccccc21. The maximum Gasteiger partial charge on any atom is 0.264 e. The van der Waals surface area contributed by atoms with E-state index >= 15 is 0 Å². The quantitative estimate of drug-likeness (QED) is 0.623. The molecule has 1 N–H and O–H groups in total. The van der Waals surface area contributed by atoms with E-state index in [4.69, 9.17) is 0 Å². The van der Waals surface area contributed by atoms with E-state index in [1.54, 1.807) is 18.2 Å².